The van der Waals surface area contributed by atoms with Gasteiger partial charge in [-0.15, -0.1) is 0 Å². The largest absolute Gasteiger partial charge is 0.233 e. The second-order valence-electron chi connectivity index (χ2n) is 19.0. The second-order valence-corrected chi connectivity index (χ2v) is 19.0. The number of aryl methyl sites for hydroxylation is 1. The zero-order chi connectivity index (χ0) is 48.1. The van der Waals surface area contributed by atoms with Crippen molar-refractivity contribution in [2.45, 2.75) is 78.6 Å². The van der Waals surface area contributed by atoms with Crippen molar-refractivity contribution in [3.8, 4) is 22.3 Å². The molecule has 70 heavy (non-hydrogen) atoms. The fraction of sp³-hybridized carbons (Fsp3) is 0.176. The number of fused-ring (bicyclic) bond motifs is 11. The van der Waals surface area contributed by atoms with E-state index in [2.05, 4.69) is 216 Å². The lowest BCUT2D eigenvalue weighted by Gasteiger charge is -2.40. The van der Waals surface area contributed by atoms with Crippen LogP contribution in [0.2, 0.25) is 0 Å². The summed E-state index contributed by atoms with van der Waals surface area (Å²) in [6.07, 6.45) is 6.63. The van der Waals surface area contributed by atoms with Crippen molar-refractivity contribution in [3.05, 3.63) is 278 Å². The zero-order valence-electron chi connectivity index (χ0n) is 41.4. The summed E-state index contributed by atoms with van der Waals surface area (Å²) in [6, 6.07) is 66.9. The van der Waals surface area contributed by atoms with Crippen LogP contribution >= 0.6 is 0 Å². The van der Waals surface area contributed by atoms with Gasteiger partial charge >= 0.3 is 0 Å². The van der Waals surface area contributed by atoms with Crippen molar-refractivity contribution in [1.82, 2.24) is 0 Å². The molecule has 0 aromatic heterocycles. The lowest BCUT2D eigenvalue weighted by Crippen LogP contribution is -2.34. The molecule has 0 fully saturated rings. The lowest BCUT2D eigenvalue weighted by molar-refractivity contribution is 0.722. The molecule has 0 saturated carbocycles. The van der Waals surface area contributed by atoms with Gasteiger partial charge in [0.1, 0.15) is 0 Å². The maximum absolute atomic E-state index is 5.63. The highest BCUT2D eigenvalue weighted by Gasteiger charge is 2.50. The van der Waals surface area contributed by atoms with Gasteiger partial charge in [0.2, 0.25) is 0 Å². The summed E-state index contributed by atoms with van der Waals surface area (Å²) in [5, 5.41) is 0. The smallest absolute Gasteiger partial charge is 0.160 e. The van der Waals surface area contributed by atoms with Crippen molar-refractivity contribution < 1.29 is 0 Å². The predicted octanol–water partition coefficient (Wildman–Crippen LogP) is 17.3. The predicted molar refractivity (Wildman–Crippen MR) is 297 cm³/mol. The summed E-state index contributed by atoms with van der Waals surface area (Å²) in [6.45, 7) is 17.8. The Balaban J connectivity index is 0.00000263. The molecular formula is C68H60N2. The molecule has 1 spiro atoms. The first kappa shape index (κ1) is 44.8. The third-order valence-corrected chi connectivity index (χ3v) is 15.5. The number of amidine groups is 1. The van der Waals surface area contributed by atoms with E-state index in [1.54, 1.807) is 0 Å². The molecule has 8 aromatic carbocycles. The molecule has 342 valence electrons. The van der Waals surface area contributed by atoms with Crippen LogP contribution in [0.3, 0.4) is 0 Å². The van der Waals surface area contributed by atoms with Gasteiger partial charge in [-0.05, 0) is 152 Å². The third kappa shape index (κ3) is 6.99. The van der Waals surface area contributed by atoms with Crippen molar-refractivity contribution in [2.75, 3.05) is 0 Å². The van der Waals surface area contributed by atoms with Gasteiger partial charge in [-0.25, -0.2) is 9.98 Å². The van der Waals surface area contributed by atoms with Gasteiger partial charge in [-0.2, -0.15) is 0 Å². The Morgan fingerprint density at radius 3 is 1.90 bits per heavy atom. The number of rotatable bonds is 7. The first-order valence-electron chi connectivity index (χ1n) is 25.4. The van der Waals surface area contributed by atoms with E-state index in [0.29, 0.717) is 17.5 Å². The van der Waals surface area contributed by atoms with Crippen molar-refractivity contribution >= 4 is 28.4 Å². The summed E-state index contributed by atoms with van der Waals surface area (Å²) < 4.78 is 0. The Hall–Kier alpha value is -7.68. The van der Waals surface area contributed by atoms with Gasteiger partial charge in [0.05, 0.1) is 11.1 Å². The van der Waals surface area contributed by atoms with Crippen LogP contribution in [-0.4, -0.2) is 11.5 Å². The molecule has 8 aromatic rings. The number of hydrogen-bond donors (Lipinski definition) is 0. The molecule has 1 atom stereocenters. The van der Waals surface area contributed by atoms with Gasteiger partial charge in [0.15, 0.2) is 5.84 Å². The molecule has 2 heteroatoms. The van der Waals surface area contributed by atoms with E-state index in [9.17, 15) is 0 Å². The van der Waals surface area contributed by atoms with Crippen LogP contribution in [0, 0.1) is 13.8 Å². The van der Waals surface area contributed by atoms with Crippen LogP contribution in [-0.2, 0) is 11.8 Å². The average molecular weight is 905 g/mol. The number of allylic oxidation sites excluding steroid dienone is 4. The van der Waals surface area contributed by atoms with Gasteiger partial charge in [-0.3, -0.25) is 0 Å². The highest BCUT2D eigenvalue weighted by Crippen LogP contribution is 2.60. The van der Waals surface area contributed by atoms with Crippen LogP contribution in [0.1, 0.15) is 131 Å². The molecule has 4 aliphatic rings. The van der Waals surface area contributed by atoms with Gasteiger partial charge in [-0.1, -0.05) is 215 Å². The number of hydrogen-bond acceptors (Lipinski definition) is 1. The Labute approximate surface area is 415 Å². The van der Waals surface area contributed by atoms with E-state index in [1.807, 2.05) is 13.8 Å². The van der Waals surface area contributed by atoms with Crippen molar-refractivity contribution in [2.24, 2.45) is 9.98 Å². The molecule has 0 radical (unpaired) electrons. The van der Waals surface area contributed by atoms with Crippen LogP contribution in [0.25, 0.3) is 39.1 Å². The quantitative estimate of drug-likeness (QED) is 0.112. The van der Waals surface area contributed by atoms with Crippen LogP contribution in [0.4, 0.5) is 0 Å². The van der Waals surface area contributed by atoms with E-state index < -0.39 is 5.41 Å². The van der Waals surface area contributed by atoms with Gasteiger partial charge in [0, 0.05) is 22.8 Å². The molecule has 0 N–H and O–H groups in total. The fourth-order valence-electron chi connectivity index (χ4n) is 12.6. The maximum atomic E-state index is 5.63. The topological polar surface area (TPSA) is 24.7 Å². The number of aliphatic imine (C=N–C) groups is 2. The highest BCUT2D eigenvalue weighted by atomic mass is 14.9. The van der Waals surface area contributed by atoms with E-state index >= 15 is 0 Å². The van der Waals surface area contributed by atoms with Crippen molar-refractivity contribution in [3.63, 3.8) is 0 Å². The van der Waals surface area contributed by atoms with Gasteiger partial charge in [0.25, 0.3) is 0 Å². The highest BCUT2D eigenvalue weighted by molar-refractivity contribution is 6.16. The molecule has 0 bridgehead atoms. The summed E-state index contributed by atoms with van der Waals surface area (Å²) in [5.41, 5.74) is 28.0. The van der Waals surface area contributed by atoms with E-state index in [4.69, 9.17) is 16.6 Å². The second kappa shape index (κ2) is 18.3. The minimum absolute atomic E-state index is 0.397. The summed E-state index contributed by atoms with van der Waals surface area (Å²) in [5.74, 6) is 1.04. The molecular weight excluding hydrogens is 845 g/mol. The number of nitrogens with zero attached hydrogens (tertiary/aromatic N) is 2. The zero-order valence-corrected chi connectivity index (χ0v) is 41.4. The van der Waals surface area contributed by atoms with Crippen LogP contribution < -0.4 is 0 Å². The monoisotopic (exact) mass is 904 g/mol. The van der Waals surface area contributed by atoms with Crippen LogP contribution in [0.15, 0.2) is 210 Å². The fourth-order valence-corrected chi connectivity index (χ4v) is 12.6. The molecule has 12 rings (SSSR count). The molecule has 0 aliphatic heterocycles. The Bertz CT molecular complexity index is 3470. The Morgan fingerprint density at radius 1 is 0.571 bits per heavy atom. The Morgan fingerprint density at radius 2 is 1.16 bits per heavy atom. The molecule has 0 amide bonds. The minimum Gasteiger partial charge on any atom is -0.233 e. The van der Waals surface area contributed by atoms with Crippen molar-refractivity contribution in [1.29, 1.82) is 0 Å². The summed E-state index contributed by atoms with van der Waals surface area (Å²) in [7, 11) is 0. The Kier molecular flexibility index (Phi) is 11.7. The first-order chi connectivity index (χ1) is 34.4. The van der Waals surface area contributed by atoms with E-state index in [0.717, 1.165) is 53.6 Å². The first-order valence-corrected chi connectivity index (χ1v) is 25.4. The molecule has 2 nitrogen and oxygen atoms in total. The van der Waals surface area contributed by atoms with E-state index in [-0.39, 0.29) is 0 Å². The van der Waals surface area contributed by atoms with E-state index in [1.165, 1.54) is 94.6 Å². The molecule has 4 aliphatic carbocycles. The normalized spacial score (nSPS) is 16.0. The standard InChI is InChI=1S/C66H54N2.C2H6/c1-6-48-52-27-12-13-28-53(52)55-34-20-33-54(63(48)55)49-30-19-31-50(42(49)3)62-41(2)22-18-35-57(62)65(67-43(4)45-23-8-7-9-24-45)68-44(5)51-32-21-39-61-64(51)56-29-14-17-38-60(56)66(61)58-36-15-10-25-46(58)40-47-26-11-16-37-59(47)66;1-2/h7-19,21-33,35-39,48H,5-6,20,34,40H2,1-4H3;1-2H3. The minimum atomic E-state index is -0.475. The average Bonchev–Trinajstić information content (AvgIpc) is 3.90. The molecule has 0 heterocycles. The SMILES string of the molecule is C=C(N=C(N=C(C)c1ccccc1)c1cccc(C)c1-c1cccc(C2=CCCC3=C2C(CC)c2ccccc23)c1C)c1cccc2c1-c1ccccc1C21c2ccccc2Cc2ccccc21.CC. The lowest BCUT2D eigenvalue weighted by atomic mass is 9.61. The summed E-state index contributed by atoms with van der Waals surface area (Å²) in [4.78, 5) is 11.1. The molecule has 0 saturated heterocycles. The third-order valence-electron chi connectivity index (χ3n) is 15.5. The van der Waals surface area contributed by atoms with Crippen LogP contribution in [0.5, 0.6) is 0 Å². The maximum Gasteiger partial charge on any atom is 0.160 e. The molecule has 1 unspecified atom stereocenters. The summed E-state index contributed by atoms with van der Waals surface area (Å²) >= 11 is 0. The van der Waals surface area contributed by atoms with Gasteiger partial charge < -0.3 is 0 Å². The number of benzene rings is 8.